The molecule has 41 heavy (non-hydrogen) atoms. The molecular formula is C34H37FO5Si. The number of hydrogen-bond donors (Lipinski definition) is 3. The summed E-state index contributed by atoms with van der Waals surface area (Å²) >= 11 is 0. The smallest absolute Gasteiger partial charge is 0.261 e. The first-order chi connectivity index (χ1) is 19.6. The molecule has 0 radical (unpaired) electrons. The molecule has 4 aromatic rings. The normalized spacial score (nSPS) is 13.3. The van der Waals surface area contributed by atoms with Gasteiger partial charge < -0.3 is 24.2 Å². The van der Waals surface area contributed by atoms with Gasteiger partial charge in [0, 0.05) is 12.8 Å². The average Bonchev–Trinajstić information content (AvgIpc) is 3.50. The van der Waals surface area contributed by atoms with Crippen molar-refractivity contribution < 1.29 is 28.6 Å². The van der Waals surface area contributed by atoms with Gasteiger partial charge in [-0.3, -0.25) is 0 Å². The van der Waals surface area contributed by atoms with Crippen molar-refractivity contribution in [2.24, 2.45) is 0 Å². The van der Waals surface area contributed by atoms with Crippen molar-refractivity contribution in [2.75, 3.05) is 6.61 Å². The molecule has 0 unspecified atom stereocenters. The molecule has 214 valence electrons. The first kappa shape index (κ1) is 30.3. The number of halogens is 1. The second-order valence-electron chi connectivity index (χ2n) is 11.1. The second-order valence-corrected chi connectivity index (χ2v) is 15.4. The van der Waals surface area contributed by atoms with Crippen LogP contribution in [0.15, 0.2) is 119 Å². The Morgan fingerprint density at radius 3 is 2.10 bits per heavy atom. The van der Waals surface area contributed by atoms with Gasteiger partial charge in [-0.05, 0) is 56.9 Å². The first-order valence-corrected chi connectivity index (χ1v) is 15.6. The lowest BCUT2D eigenvalue weighted by Gasteiger charge is -2.43. The predicted octanol–water partition coefficient (Wildman–Crippen LogP) is 6.33. The fourth-order valence-electron chi connectivity index (χ4n) is 5.11. The lowest BCUT2D eigenvalue weighted by atomic mass is 10.0. The van der Waals surface area contributed by atoms with Gasteiger partial charge in [0.1, 0.15) is 11.9 Å². The summed E-state index contributed by atoms with van der Waals surface area (Å²) in [6, 6.07) is 27.8. The van der Waals surface area contributed by atoms with Crippen LogP contribution in [0.1, 0.15) is 57.1 Å². The number of phenols is 1. The van der Waals surface area contributed by atoms with E-state index in [0.29, 0.717) is 16.9 Å². The number of aliphatic hydroxyl groups excluding tert-OH is 2. The maximum atomic E-state index is 13.8. The Labute approximate surface area is 242 Å². The SMILES string of the molecule is CC(C)(C)[Si](OCC(=C=CC[C@@H](O)c1ccc(O)c(F)c1)C[C@@H](O)c1ccco1)(c1ccccc1)c1ccccc1. The summed E-state index contributed by atoms with van der Waals surface area (Å²) in [7, 11) is -2.85. The molecule has 2 atom stereocenters. The van der Waals surface area contributed by atoms with E-state index in [4.69, 9.17) is 8.84 Å². The minimum atomic E-state index is -2.85. The van der Waals surface area contributed by atoms with Gasteiger partial charge in [0.25, 0.3) is 8.32 Å². The summed E-state index contributed by atoms with van der Waals surface area (Å²) in [6.07, 6.45) is 1.67. The number of phenolic OH excluding ortho intramolecular Hbond substituents is 1. The minimum absolute atomic E-state index is 0.157. The van der Waals surface area contributed by atoms with E-state index in [1.165, 1.54) is 18.4 Å². The summed E-state index contributed by atoms with van der Waals surface area (Å²) in [5.41, 5.74) is 4.30. The van der Waals surface area contributed by atoms with Crippen molar-refractivity contribution in [3.05, 3.63) is 132 Å². The molecule has 0 aliphatic heterocycles. The highest BCUT2D eigenvalue weighted by Gasteiger charge is 2.50. The standard InChI is InChI=1S/C34H37FO5Si/c1-34(2,3)41(27-13-6-4-7-14-27,28-15-8-5-9-16-28)40-24-25(22-32(38)33-18-11-21-39-33)12-10-17-30(36)26-19-20-31(37)29(35)23-26/h4-11,13-16,18-21,23,30,32,36-38H,17,22,24H2,1-3H3/t12?,30-,32-/m1/s1. The molecular weight excluding hydrogens is 535 g/mol. The molecule has 0 amide bonds. The quantitative estimate of drug-likeness (QED) is 0.145. The summed E-state index contributed by atoms with van der Waals surface area (Å²) < 4.78 is 26.3. The van der Waals surface area contributed by atoms with E-state index in [9.17, 15) is 19.7 Å². The monoisotopic (exact) mass is 572 g/mol. The van der Waals surface area contributed by atoms with Crippen LogP contribution in [0.2, 0.25) is 5.04 Å². The Bertz CT molecular complexity index is 1420. The van der Waals surface area contributed by atoms with Gasteiger partial charge in [0.2, 0.25) is 0 Å². The van der Waals surface area contributed by atoms with Crippen molar-refractivity contribution in [1.29, 1.82) is 0 Å². The Morgan fingerprint density at radius 1 is 0.927 bits per heavy atom. The minimum Gasteiger partial charge on any atom is -0.505 e. The van der Waals surface area contributed by atoms with Crippen LogP contribution in [0.3, 0.4) is 0 Å². The highest BCUT2D eigenvalue weighted by atomic mass is 28.4. The van der Waals surface area contributed by atoms with E-state index in [-0.39, 0.29) is 24.5 Å². The third-order valence-corrected chi connectivity index (χ3v) is 12.2. The third kappa shape index (κ3) is 7.14. The van der Waals surface area contributed by atoms with Crippen LogP contribution < -0.4 is 10.4 Å². The molecule has 1 aromatic heterocycles. The van der Waals surface area contributed by atoms with E-state index < -0.39 is 32.1 Å². The van der Waals surface area contributed by atoms with Gasteiger partial charge >= 0.3 is 0 Å². The number of rotatable bonds is 11. The van der Waals surface area contributed by atoms with Gasteiger partial charge in [-0.1, -0.05) is 87.5 Å². The van der Waals surface area contributed by atoms with E-state index >= 15 is 0 Å². The number of hydrogen-bond acceptors (Lipinski definition) is 5. The van der Waals surface area contributed by atoms with Crippen LogP contribution >= 0.6 is 0 Å². The van der Waals surface area contributed by atoms with E-state index in [1.54, 1.807) is 18.2 Å². The molecule has 1 heterocycles. The van der Waals surface area contributed by atoms with Crippen LogP contribution in [0.4, 0.5) is 4.39 Å². The Morgan fingerprint density at radius 2 is 1.56 bits per heavy atom. The highest BCUT2D eigenvalue weighted by molar-refractivity contribution is 6.99. The molecule has 3 aromatic carbocycles. The van der Waals surface area contributed by atoms with Crippen molar-refractivity contribution in [2.45, 2.75) is 50.9 Å². The molecule has 7 heteroatoms. The Kier molecular flexibility index (Phi) is 9.81. The van der Waals surface area contributed by atoms with Crippen LogP contribution in [0.5, 0.6) is 5.75 Å². The van der Waals surface area contributed by atoms with Crippen molar-refractivity contribution in [3.8, 4) is 5.75 Å². The first-order valence-electron chi connectivity index (χ1n) is 13.7. The summed E-state index contributed by atoms with van der Waals surface area (Å²) in [4.78, 5) is 0. The Balaban J connectivity index is 1.69. The molecule has 0 saturated heterocycles. The van der Waals surface area contributed by atoms with E-state index in [1.807, 2.05) is 36.4 Å². The van der Waals surface area contributed by atoms with Crippen molar-refractivity contribution >= 4 is 18.7 Å². The van der Waals surface area contributed by atoms with Crippen molar-refractivity contribution in [3.63, 3.8) is 0 Å². The average molecular weight is 573 g/mol. The van der Waals surface area contributed by atoms with Gasteiger partial charge in [-0.2, -0.15) is 0 Å². The Hall–Kier alpha value is -3.71. The molecule has 0 fully saturated rings. The molecule has 5 nitrogen and oxygen atoms in total. The summed E-state index contributed by atoms with van der Waals surface area (Å²) in [5.74, 6) is -0.817. The largest absolute Gasteiger partial charge is 0.505 e. The van der Waals surface area contributed by atoms with Crippen LogP contribution in [-0.4, -0.2) is 30.2 Å². The van der Waals surface area contributed by atoms with Crippen LogP contribution in [0, 0.1) is 5.82 Å². The lowest BCUT2D eigenvalue weighted by Crippen LogP contribution is -2.66. The number of aliphatic hydroxyl groups is 2. The fourth-order valence-corrected chi connectivity index (χ4v) is 9.66. The number of furan rings is 1. The maximum Gasteiger partial charge on any atom is 0.261 e. The van der Waals surface area contributed by atoms with E-state index in [0.717, 1.165) is 16.4 Å². The number of aromatic hydroxyl groups is 1. The van der Waals surface area contributed by atoms with Crippen LogP contribution in [0.25, 0.3) is 0 Å². The van der Waals surface area contributed by atoms with Crippen molar-refractivity contribution in [1.82, 2.24) is 0 Å². The number of benzene rings is 3. The van der Waals surface area contributed by atoms with Gasteiger partial charge in [-0.15, -0.1) is 5.73 Å². The predicted molar refractivity (Wildman–Crippen MR) is 161 cm³/mol. The molecule has 0 bridgehead atoms. The second kappa shape index (κ2) is 13.3. The highest BCUT2D eigenvalue weighted by Crippen LogP contribution is 2.37. The van der Waals surface area contributed by atoms with Gasteiger partial charge in [0.15, 0.2) is 11.6 Å². The van der Waals surface area contributed by atoms with Gasteiger partial charge in [-0.25, -0.2) is 4.39 Å². The maximum absolute atomic E-state index is 13.8. The molecule has 3 N–H and O–H groups in total. The zero-order valence-electron chi connectivity index (χ0n) is 23.6. The van der Waals surface area contributed by atoms with E-state index in [2.05, 4.69) is 50.8 Å². The topological polar surface area (TPSA) is 83.1 Å². The van der Waals surface area contributed by atoms with Gasteiger partial charge in [0.05, 0.1) is 19.0 Å². The fraction of sp³-hybridized carbons (Fsp3) is 0.265. The zero-order valence-corrected chi connectivity index (χ0v) is 24.6. The zero-order chi connectivity index (χ0) is 29.5. The summed E-state index contributed by atoms with van der Waals surface area (Å²) in [5, 5.41) is 33.0. The summed E-state index contributed by atoms with van der Waals surface area (Å²) in [6.45, 7) is 6.79. The lowest BCUT2D eigenvalue weighted by molar-refractivity contribution is 0.146. The molecule has 0 saturated carbocycles. The molecule has 0 aliphatic carbocycles. The molecule has 4 rings (SSSR count). The van der Waals surface area contributed by atoms with Crippen LogP contribution in [-0.2, 0) is 4.43 Å². The molecule has 0 spiro atoms. The molecule has 0 aliphatic rings. The third-order valence-electron chi connectivity index (χ3n) is 7.19.